The Morgan fingerprint density at radius 1 is 1.14 bits per heavy atom. The van der Waals surface area contributed by atoms with Gasteiger partial charge in [-0.15, -0.1) is 0 Å². The summed E-state index contributed by atoms with van der Waals surface area (Å²) in [6, 6.07) is 5.64. The SMILES string of the molecule is CC(=O)O[C@H]1Cc2c(cccc2OC[C@H](O)CNC(C)(C)C)C[C@H]1OC(C)=O. The van der Waals surface area contributed by atoms with Gasteiger partial charge in [0.1, 0.15) is 30.7 Å². The molecule has 0 spiro atoms. The fraction of sp³-hybridized carbons (Fsp3) is 0.619. The lowest BCUT2D eigenvalue weighted by atomic mass is 9.87. The van der Waals surface area contributed by atoms with E-state index in [2.05, 4.69) is 5.32 Å². The monoisotopic (exact) mass is 393 g/mol. The van der Waals surface area contributed by atoms with Crippen molar-refractivity contribution in [1.29, 1.82) is 0 Å². The second-order valence-electron chi connectivity index (χ2n) is 8.19. The average molecular weight is 393 g/mol. The molecule has 1 aliphatic rings. The number of β-amino-alcohol motifs (C(OH)–C–C–N with tert-alkyl or cyclic N) is 1. The molecule has 1 aromatic rings. The van der Waals surface area contributed by atoms with Crippen LogP contribution in [0.4, 0.5) is 0 Å². The van der Waals surface area contributed by atoms with E-state index in [1.54, 1.807) is 0 Å². The van der Waals surface area contributed by atoms with Gasteiger partial charge in [-0.3, -0.25) is 9.59 Å². The zero-order valence-electron chi connectivity index (χ0n) is 17.3. The third-order valence-corrected chi connectivity index (χ3v) is 4.41. The molecule has 0 unspecified atom stereocenters. The Morgan fingerprint density at radius 2 is 1.75 bits per heavy atom. The summed E-state index contributed by atoms with van der Waals surface area (Å²) in [6.07, 6.45) is -0.911. The standard InChI is InChI=1S/C21H31NO6/c1-13(23)27-19-9-15-7-6-8-18(17(15)10-20(19)28-14(2)24)26-12-16(25)11-22-21(3,4)5/h6-8,16,19-20,22,25H,9-12H2,1-5H3/t16-,19-,20+/m1/s1. The van der Waals surface area contributed by atoms with Crippen LogP contribution in [0.5, 0.6) is 5.75 Å². The predicted molar refractivity (Wildman–Crippen MR) is 104 cm³/mol. The molecule has 7 nitrogen and oxygen atoms in total. The Balaban J connectivity index is 2.10. The number of fused-ring (bicyclic) bond motifs is 1. The van der Waals surface area contributed by atoms with E-state index in [-0.39, 0.29) is 12.1 Å². The van der Waals surface area contributed by atoms with Crippen LogP contribution in [0.1, 0.15) is 45.7 Å². The van der Waals surface area contributed by atoms with Gasteiger partial charge in [0.25, 0.3) is 0 Å². The quantitative estimate of drug-likeness (QED) is 0.682. The molecule has 28 heavy (non-hydrogen) atoms. The molecule has 0 bridgehead atoms. The van der Waals surface area contributed by atoms with Gasteiger partial charge in [0.2, 0.25) is 0 Å². The minimum absolute atomic E-state index is 0.0874. The highest BCUT2D eigenvalue weighted by Gasteiger charge is 2.34. The van der Waals surface area contributed by atoms with E-state index in [0.717, 1.165) is 11.1 Å². The first kappa shape index (κ1) is 22.2. The summed E-state index contributed by atoms with van der Waals surface area (Å²) < 4.78 is 16.6. The maximum absolute atomic E-state index is 11.5. The van der Waals surface area contributed by atoms with Crippen molar-refractivity contribution in [3.8, 4) is 5.75 Å². The molecule has 0 aromatic heterocycles. The summed E-state index contributed by atoms with van der Waals surface area (Å²) in [7, 11) is 0. The van der Waals surface area contributed by atoms with Crippen LogP contribution < -0.4 is 10.1 Å². The van der Waals surface area contributed by atoms with Crippen molar-refractivity contribution in [2.45, 2.75) is 71.3 Å². The Morgan fingerprint density at radius 3 is 2.32 bits per heavy atom. The largest absolute Gasteiger partial charge is 0.491 e. The molecule has 0 fully saturated rings. The second kappa shape index (κ2) is 9.39. The third-order valence-electron chi connectivity index (χ3n) is 4.41. The van der Waals surface area contributed by atoms with Crippen LogP contribution in [0.2, 0.25) is 0 Å². The van der Waals surface area contributed by atoms with E-state index in [4.69, 9.17) is 14.2 Å². The van der Waals surface area contributed by atoms with Crippen LogP contribution in [0.15, 0.2) is 18.2 Å². The normalized spacial score (nSPS) is 20.1. The topological polar surface area (TPSA) is 94.1 Å². The van der Waals surface area contributed by atoms with Gasteiger partial charge in [0.05, 0.1) is 0 Å². The van der Waals surface area contributed by atoms with Gasteiger partial charge in [0.15, 0.2) is 0 Å². The number of rotatable bonds is 7. The highest BCUT2D eigenvalue weighted by molar-refractivity contribution is 5.67. The van der Waals surface area contributed by atoms with Crippen LogP contribution in [0.25, 0.3) is 0 Å². The number of carbonyl (C=O) groups is 2. The molecule has 0 saturated heterocycles. The Hall–Kier alpha value is -2.12. The number of benzene rings is 1. The number of esters is 2. The van der Waals surface area contributed by atoms with Gasteiger partial charge in [-0.1, -0.05) is 12.1 Å². The van der Waals surface area contributed by atoms with Crippen molar-refractivity contribution in [3.05, 3.63) is 29.3 Å². The molecule has 7 heteroatoms. The highest BCUT2D eigenvalue weighted by atomic mass is 16.6. The van der Waals surface area contributed by atoms with Crippen LogP contribution in [0.3, 0.4) is 0 Å². The zero-order chi connectivity index (χ0) is 20.9. The van der Waals surface area contributed by atoms with Crippen molar-refractivity contribution in [2.75, 3.05) is 13.2 Å². The Kier molecular flexibility index (Phi) is 7.43. The minimum Gasteiger partial charge on any atom is -0.491 e. The maximum atomic E-state index is 11.5. The van der Waals surface area contributed by atoms with E-state index in [0.29, 0.717) is 25.1 Å². The van der Waals surface area contributed by atoms with E-state index in [1.165, 1.54) is 13.8 Å². The molecule has 0 saturated carbocycles. The molecule has 0 heterocycles. The first-order valence-electron chi connectivity index (χ1n) is 9.56. The van der Waals surface area contributed by atoms with Crippen LogP contribution >= 0.6 is 0 Å². The van der Waals surface area contributed by atoms with Gasteiger partial charge in [-0.05, 0) is 32.4 Å². The summed E-state index contributed by atoms with van der Waals surface area (Å²) in [6.45, 7) is 9.33. The molecule has 1 aromatic carbocycles. The van der Waals surface area contributed by atoms with Crippen molar-refractivity contribution < 1.29 is 28.9 Å². The number of aliphatic hydroxyl groups is 1. The van der Waals surface area contributed by atoms with E-state index in [1.807, 2.05) is 39.0 Å². The van der Waals surface area contributed by atoms with Crippen LogP contribution in [-0.4, -0.2) is 54.0 Å². The lowest BCUT2D eigenvalue weighted by molar-refractivity contribution is -0.166. The molecule has 2 rings (SSSR count). The molecule has 2 N–H and O–H groups in total. The smallest absolute Gasteiger partial charge is 0.303 e. The van der Waals surface area contributed by atoms with Gasteiger partial charge in [-0.25, -0.2) is 0 Å². The summed E-state index contributed by atoms with van der Waals surface area (Å²) >= 11 is 0. The fourth-order valence-electron chi connectivity index (χ4n) is 3.18. The zero-order valence-corrected chi connectivity index (χ0v) is 17.3. The lowest BCUT2D eigenvalue weighted by Crippen LogP contribution is -2.42. The molecule has 156 valence electrons. The molecule has 0 amide bonds. The van der Waals surface area contributed by atoms with Gasteiger partial charge in [-0.2, -0.15) is 0 Å². The number of nitrogens with one attached hydrogen (secondary N) is 1. The minimum atomic E-state index is -0.656. The van der Waals surface area contributed by atoms with E-state index < -0.39 is 30.3 Å². The first-order chi connectivity index (χ1) is 13.0. The molecule has 0 aliphatic heterocycles. The number of carbonyl (C=O) groups excluding carboxylic acids is 2. The second-order valence-corrected chi connectivity index (χ2v) is 8.19. The summed E-state index contributed by atoms with van der Waals surface area (Å²) in [5.74, 6) is -0.189. The van der Waals surface area contributed by atoms with Crippen molar-refractivity contribution >= 4 is 11.9 Å². The molecule has 1 aliphatic carbocycles. The van der Waals surface area contributed by atoms with E-state index >= 15 is 0 Å². The van der Waals surface area contributed by atoms with Crippen LogP contribution in [-0.2, 0) is 31.9 Å². The van der Waals surface area contributed by atoms with Gasteiger partial charge >= 0.3 is 11.9 Å². The number of aliphatic hydroxyl groups excluding tert-OH is 1. The average Bonchev–Trinajstić information content (AvgIpc) is 2.57. The maximum Gasteiger partial charge on any atom is 0.303 e. The van der Waals surface area contributed by atoms with Crippen molar-refractivity contribution in [2.24, 2.45) is 0 Å². The number of ether oxygens (including phenoxy) is 3. The summed E-state index contributed by atoms with van der Waals surface area (Å²) in [5, 5.41) is 13.4. The summed E-state index contributed by atoms with van der Waals surface area (Å²) in [5.41, 5.74) is 1.80. The summed E-state index contributed by atoms with van der Waals surface area (Å²) in [4.78, 5) is 22.9. The fourth-order valence-corrected chi connectivity index (χ4v) is 3.18. The Labute approximate surface area is 166 Å². The highest BCUT2D eigenvalue weighted by Crippen LogP contribution is 2.32. The van der Waals surface area contributed by atoms with Crippen molar-refractivity contribution in [1.82, 2.24) is 5.32 Å². The number of hydrogen-bond donors (Lipinski definition) is 2. The first-order valence-corrected chi connectivity index (χ1v) is 9.56. The molecular weight excluding hydrogens is 362 g/mol. The number of hydrogen-bond acceptors (Lipinski definition) is 7. The predicted octanol–water partition coefficient (Wildman–Crippen LogP) is 1.78. The van der Waals surface area contributed by atoms with Gasteiger partial charge < -0.3 is 24.6 Å². The molecular formula is C21H31NO6. The molecule has 3 atom stereocenters. The Bertz CT molecular complexity index is 697. The third kappa shape index (κ3) is 6.80. The molecule has 0 radical (unpaired) electrons. The lowest BCUT2D eigenvalue weighted by Gasteiger charge is -2.32. The van der Waals surface area contributed by atoms with Crippen LogP contribution in [0, 0.1) is 0 Å². The van der Waals surface area contributed by atoms with E-state index in [9.17, 15) is 14.7 Å². The van der Waals surface area contributed by atoms with Gasteiger partial charge in [0, 0.05) is 44.3 Å². The van der Waals surface area contributed by atoms with Crippen molar-refractivity contribution in [3.63, 3.8) is 0 Å².